The van der Waals surface area contributed by atoms with E-state index in [1.54, 1.807) is 0 Å². The lowest BCUT2D eigenvalue weighted by molar-refractivity contribution is 0.546. The van der Waals surface area contributed by atoms with Gasteiger partial charge in [0.2, 0.25) is 0 Å². The van der Waals surface area contributed by atoms with Crippen LogP contribution in [-0.2, 0) is 0 Å². The smallest absolute Gasteiger partial charge is 0.0764 e. The molecule has 1 aromatic carbocycles. The average molecular weight is 256 g/mol. The molecule has 0 aliphatic carbocycles. The van der Waals surface area contributed by atoms with E-state index in [0.29, 0.717) is 12.0 Å². The molecule has 2 rings (SSSR count). The minimum Gasteiger partial charge on any atom is -0.314 e. The van der Waals surface area contributed by atoms with Crippen LogP contribution >= 0.6 is 15.9 Å². The first-order chi connectivity index (χ1) is 6.68. The Morgan fingerprint density at radius 1 is 1.36 bits per heavy atom. The van der Waals surface area contributed by atoms with Crippen LogP contribution in [0.3, 0.4) is 0 Å². The molecule has 3 atom stereocenters. The number of hydrogen-bond acceptors (Lipinski definition) is 3. The molecule has 14 heavy (non-hydrogen) atoms. The third kappa shape index (κ3) is 1.83. The summed E-state index contributed by atoms with van der Waals surface area (Å²) < 4.78 is 1.10. The van der Waals surface area contributed by atoms with Gasteiger partial charge in [0.1, 0.15) is 0 Å². The summed E-state index contributed by atoms with van der Waals surface area (Å²) in [6.07, 6.45) is -0.0145. The summed E-state index contributed by atoms with van der Waals surface area (Å²) >= 11 is 3.47. The largest absolute Gasteiger partial charge is 0.314 e. The molecule has 4 N–H and O–H groups in total. The van der Waals surface area contributed by atoms with Crippen molar-refractivity contribution in [2.75, 3.05) is 0 Å². The van der Waals surface area contributed by atoms with E-state index in [1.807, 2.05) is 12.1 Å². The molecule has 1 saturated heterocycles. The first kappa shape index (κ1) is 10.1. The highest BCUT2D eigenvalue weighted by Crippen LogP contribution is 2.26. The molecule has 3 nitrogen and oxygen atoms in total. The molecule has 76 valence electrons. The fraction of sp³-hybridized carbons (Fsp3) is 0.400. The predicted octanol–water partition coefficient (Wildman–Crippen LogP) is 1.31. The molecule has 3 unspecified atom stereocenters. The van der Waals surface area contributed by atoms with Gasteiger partial charge in [-0.1, -0.05) is 28.1 Å². The Bertz CT molecular complexity index is 319. The summed E-state index contributed by atoms with van der Waals surface area (Å²) in [5, 5.41) is 0. The van der Waals surface area contributed by atoms with Crippen LogP contribution in [0.1, 0.15) is 18.4 Å². The molecule has 1 heterocycles. The van der Waals surface area contributed by atoms with E-state index in [9.17, 15) is 0 Å². The Morgan fingerprint density at radius 3 is 2.71 bits per heavy atom. The van der Waals surface area contributed by atoms with Crippen molar-refractivity contribution in [2.45, 2.75) is 25.0 Å². The van der Waals surface area contributed by atoms with Crippen molar-refractivity contribution < 1.29 is 0 Å². The van der Waals surface area contributed by atoms with E-state index < -0.39 is 0 Å². The molecule has 0 spiro atoms. The van der Waals surface area contributed by atoms with Crippen molar-refractivity contribution in [1.29, 1.82) is 0 Å². The van der Waals surface area contributed by atoms with Crippen molar-refractivity contribution in [1.82, 2.24) is 10.9 Å². The number of nitrogens with one attached hydrogen (secondary N) is 2. The number of benzene rings is 1. The summed E-state index contributed by atoms with van der Waals surface area (Å²) in [5.41, 5.74) is 13.4. The molecule has 0 amide bonds. The molecule has 1 fully saturated rings. The summed E-state index contributed by atoms with van der Waals surface area (Å²) in [6.45, 7) is 2.13. The molecule has 4 heteroatoms. The Hall–Kier alpha value is -0.420. The van der Waals surface area contributed by atoms with Crippen LogP contribution in [0.4, 0.5) is 0 Å². The van der Waals surface area contributed by atoms with Gasteiger partial charge < -0.3 is 5.73 Å². The number of hydrazine groups is 1. The van der Waals surface area contributed by atoms with Gasteiger partial charge in [-0.3, -0.25) is 5.43 Å². The zero-order valence-corrected chi connectivity index (χ0v) is 9.58. The highest BCUT2D eigenvalue weighted by atomic mass is 79.9. The second kappa shape index (κ2) is 3.98. The fourth-order valence-corrected chi connectivity index (χ4v) is 2.35. The normalized spacial score (nSPS) is 32.1. The van der Waals surface area contributed by atoms with E-state index in [4.69, 9.17) is 5.73 Å². The quantitative estimate of drug-likeness (QED) is 0.710. The molecule has 0 aromatic heterocycles. The van der Waals surface area contributed by atoms with Crippen LogP contribution in [0, 0.1) is 0 Å². The second-order valence-corrected chi connectivity index (χ2v) is 4.60. The van der Waals surface area contributed by atoms with Crippen molar-refractivity contribution in [3.05, 3.63) is 34.3 Å². The minimum absolute atomic E-state index is 0.0145. The maximum absolute atomic E-state index is 5.96. The zero-order valence-electron chi connectivity index (χ0n) is 8.00. The van der Waals surface area contributed by atoms with Crippen molar-refractivity contribution in [3.8, 4) is 0 Å². The maximum atomic E-state index is 5.96. The van der Waals surface area contributed by atoms with Gasteiger partial charge in [0, 0.05) is 16.4 Å². The average Bonchev–Trinajstić information content (AvgIpc) is 2.46. The molecule has 0 radical (unpaired) electrons. The van der Waals surface area contributed by atoms with Gasteiger partial charge in [-0.05, 0) is 24.6 Å². The monoisotopic (exact) mass is 255 g/mol. The Kier molecular flexibility index (Phi) is 2.88. The van der Waals surface area contributed by atoms with Crippen LogP contribution in [0.25, 0.3) is 0 Å². The van der Waals surface area contributed by atoms with Crippen LogP contribution in [0.15, 0.2) is 28.7 Å². The molecule has 1 aliphatic heterocycles. The molecule has 1 aliphatic rings. The zero-order chi connectivity index (χ0) is 10.1. The second-order valence-electron chi connectivity index (χ2n) is 3.68. The number of rotatable bonds is 1. The number of halogens is 1. The van der Waals surface area contributed by atoms with Gasteiger partial charge in [0.15, 0.2) is 0 Å². The van der Waals surface area contributed by atoms with Crippen molar-refractivity contribution in [2.24, 2.45) is 5.73 Å². The maximum Gasteiger partial charge on any atom is 0.0764 e. The third-order valence-corrected chi connectivity index (χ3v) is 3.13. The lowest BCUT2D eigenvalue weighted by atomic mass is 9.92. The fourth-order valence-electron chi connectivity index (χ4n) is 1.93. The predicted molar refractivity (Wildman–Crippen MR) is 60.6 cm³/mol. The molecular weight excluding hydrogens is 242 g/mol. The van der Waals surface area contributed by atoms with Gasteiger partial charge in [0.05, 0.1) is 6.17 Å². The Labute approximate surface area is 92.2 Å². The van der Waals surface area contributed by atoms with E-state index in [0.717, 1.165) is 4.47 Å². The van der Waals surface area contributed by atoms with Gasteiger partial charge in [0.25, 0.3) is 0 Å². The molecule has 0 saturated carbocycles. The summed E-state index contributed by atoms with van der Waals surface area (Å²) in [7, 11) is 0. The van der Waals surface area contributed by atoms with Gasteiger partial charge >= 0.3 is 0 Å². The van der Waals surface area contributed by atoms with E-state index in [2.05, 4.69) is 45.8 Å². The van der Waals surface area contributed by atoms with Gasteiger partial charge in [-0.15, -0.1) is 0 Å². The van der Waals surface area contributed by atoms with Gasteiger partial charge in [-0.2, -0.15) is 0 Å². The Balaban J connectivity index is 2.29. The number of nitrogens with two attached hydrogens (primary N) is 1. The highest BCUT2D eigenvalue weighted by Gasteiger charge is 2.31. The number of hydrogen-bond donors (Lipinski definition) is 3. The van der Waals surface area contributed by atoms with Crippen molar-refractivity contribution in [3.63, 3.8) is 0 Å². The summed E-state index contributed by atoms with van der Waals surface area (Å²) in [4.78, 5) is 0. The van der Waals surface area contributed by atoms with Crippen LogP contribution in [0.5, 0.6) is 0 Å². The molecule has 1 aromatic rings. The van der Waals surface area contributed by atoms with Crippen LogP contribution in [-0.4, -0.2) is 12.2 Å². The first-order valence-electron chi connectivity index (χ1n) is 4.70. The van der Waals surface area contributed by atoms with Gasteiger partial charge in [-0.25, -0.2) is 5.43 Å². The summed E-state index contributed by atoms with van der Waals surface area (Å²) in [5.74, 6) is 0.326. The lowest BCUT2D eigenvalue weighted by Gasteiger charge is -2.18. The van der Waals surface area contributed by atoms with E-state index >= 15 is 0 Å². The molecular formula is C10H14BrN3. The first-order valence-corrected chi connectivity index (χ1v) is 5.50. The van der Waals surface area contributed by atoms with E-state index in [-0.39, 0.29) is 6.17 Å². The highest BCUT2D eigenvalue weighted by molar-refractivity contribution is 9.10. The SMILES string of the molecule is CC1NNC(N)C1c1cccc(Br)c1. The topological polar surface area (TPSA) is 50.1 Å². The summed E-state index contributed by atoms with van der Waals surface area (Å²) in [6, 6.07) is 8.65. The van der Waals surface area contributed by atoms with Crippen LogP contribution < -0.4 is 16.6 Å². The standard InChI is InChI=1S/C10H14BrN3/c1-6-9(10(12)14-13-6)7-3-2-4-8(11)5-7/h2-6,9-10,13-14H,12H2,1H3. The Morgan fingerprint density at radius 2 is 2.14 bits per heavy atom. The minimum atomic E-state index is -0.0145. The van der Waals surface area contributed by atoms with E-state index in [1.165, 1.54) is 5.56 Å². The molecule has 0 bridgehead atoms. The van der Waals surface area contributed by atoms with Crippen LogP contribution in [0.2, 0.25) is 0 Å². The van der Waals surface area contributed by atoms with Crippen molar-refractivity contribution >= 4 is 15.9 Å². The third-order valence-electron chi connectivity index (χ3n) is 2.64. The lowest BCUT2D eigenvalue weighted by Crippen LogP contribution is -2.38.